The third-order valence-corrected chi connectivity index (χ3v) is 3.09. The normalized spacial score (nSPS) is 15.6. The van der Waals surface area contributed by atoms with Crippen molar-refractivity contribution in [2.45, 2.75) is 38.6 Å². The summed E-state index contributed by atoms with van der Waals surface area (Å²) in [7, 11) is 1.68. The van der Waals surface area contributed by atoms with Crippen molar-refractivity contribution in [1.29, 1.82) is 0 Å². The van der Waals surface area contributed by atoms with Gasteiger partial charge in [-0.3, -0.25) is 0 Å². The minimum Gasteiger partial charge on any atom is -0.493 e. The number of hydrogen-bond acceptors (Lipinski definition) is 3. The minimum absolute atomic E-state index is 0.246. The van der Waals surface area contributed by atoms with Crippen molar-refractivity contribution < 1.29 is 9.47 Å². The number of nitrogens with two attached hydrogens (primary N) is 1. The molecular weight excluding hydrogens is 226 g/mol. The second-order valence-electron chi connectivity index (χ2n) is 5.87. The van der Waals surface area contributed by atoms with Crippen molar-refractivity contribution in [2.75, 3.05) is 13.7 Å². The van der Waals surface area contributed by atoms with Crippen LogP contribution in [0.25, 0.3) is 0 Å². The minimum atomic E-state index is -0.246. The topological polar surface area (TPSA) is 44.5 Å². The van der Waals surface area contributed by atoms with E-state index in [2.05, 4.69) is 6.07 Å². The molecule has 0 unspecified atom stereocenters. The molecule has 3 nitrogen and oxygen atoms in total. The average molecular weight is 249 g/mol. The largest absolute Gasteiger partial charge is 0.493 e. The van der Waals surface area contributed by atoms with Crippen molar-refractivity contribution in [3.05, 3.63) is 23.8 Å². The first-order valence-electron chi connectivity index (χ1n) is 6.57. The van der Waals surface area contributed by atoms with Crippen LogP contribution in [0.4, 0.5) is 0 Å². The quantitative estimate of drug-likeness (QED) is 0.843. The molecule has 0 aliphatic heterocycles. The van der Waals surface area contributed by atoms with Crippen molar-refractivity contribution in [1.82, 2.24) is 0 Å². The van der Waals surface area contributed by atoms with Gasteiger partial charge in [0, 0.05) is 5.54 Å². The van der Waals surface area contributed by atoms with Gasteiger partial charge in [0.15, 0.2) is 11.5 Å². The molecule has 1 aromatic carbocycles. The molecule has 2 N–H and O–H groups in total. The highest BCUT2D eigenvalue weighted by Crippen LogP contribution is 2.36. The van der Waals surface area contributed by atoms with Crippen molar-refractivity contribution in [3.63, 3.8) is 0 Å². The van der Waals surface area contributed by atoms with Gasteiger partial charge in [-0.15, -0.1) is 0 Å². The van der Waals surface area contributed by atoms with E-state index in [9.17, 15) is 0 Å². The van der Waals surface area contributed by atoms with E-state index in [-0.39, 0.29) is 5.54 Å². The van der Waals surface area contributed by atoms with E-state index in [0.717, 1.165) is 36.0 Å². The Balaban J connectivity index is 2.19. The van der Waals surface area contributed by atoms with E-state index in [1.807, 2.05) is 26.0 Å². The average Bonchev–Trinajstić information content (AvgIpc) is 3.08. The van der Waals surface area contributed by atoms with E-state index in [1.165, 1.54) is 12.8 Å². The first-order valence-corrected chi connectivity index (χ1v) is 6.57. The predicted molar refractivity (Wildman–Crippen MR) is 73.2 cm³/mol. The lowest BCUT2D eigenvalue weighted by Crippen LogP contribution is -2.34. The molecule has 0 atom stereocenters. The lowest BCUT2D eigenvalue weighted by Gasteiger charge is -2.22. The van der Waals surface area contributed by atoms with Gasteiger partial charge in [-0.05, 0) is 50.7 Å². The summed E-state index contributed by atoms with van der Waals surface area (Å²) in [6, 6.07) is 6.00. The van der Waals surface area contributed by atoms with Gasteiger partial charge < -0.3 is 15.2 Å². The van der Waals surface area contributed by atoms with Crippen LogP contribution in [0.15, 0.2) is 18.2 Å². The molecule has 2 rings (SSSR count). The Kier molecular flexibility index (Phi) is 3.81. The molecule has 1 aromatic rings. The number of methoxy groups -OCH3 is 1. The van der Waals surface area contributed by atoms with Crippen LogP contribution in [0.3, 0.4) is 0 Å². The number of para-hydroxylation sites is 1. The fourth-order valence-electron chi connectivity index (χ4n) is 2.00. The smallest absolute Gasteiger partial charge is 0.164 e. The van der Waals surface area contributed by atoms with E-state index in [0.29, 0.717) is 0 Å². The SMILES string of the molecule is COc1cccc(CC(C)(C)N)c1OCC1CC1. The second-order valence-corrected chi connectivity index (χ2v) is 5.87. The lowest BCUT2D eigenvalue weighted by atomic mass is 9.95. The van der Waals surface area contributed by atoms with Gasteiger partial charge in [-0.1, -0.05) is 12.1 Å². The molecule has 1 aliphatic rings. The molecule has 0 saturated heterocycles. The predicted octanol–water partition coefficient (Wildman–Crippen LogP) is 2.76. The van der Waals surface area contributed by atoms with Crippen LogP contribution in [-0.4, -0.2) is 19.3 Å². The van der Waals surface area contributed by atoms with Crippen LogP contribution < -0.4 is 15.2 Å². The van der Waals surface area contributed by atoms with Gasteiger partial charge in [0.05, 0.1) is 13.7 Å². The lowest BCUT2D eigenvalue weighted by molar-refractivity contribution is 0.276. The Labute approximate surface area is 109 Å². The molecule has 1 saturated carbocycles. The molecule has 3 heteroatoms. The summed E-state index contributed by atoms with van der Waals surface area (Å²) in [5, 5.41) is 0. The first kappa shape index (κ1) is 13.2. The van der Waals surface area contributed by atoms with Gasteiger partial charge in [-0.2, -0.15) is 0 Å². The Morgan fingerprint density at radius 2 is 2.06 bits per heavy atom. The van der Waals surface area contributed by atoms with Crippen LogP contribution in [0.1, 0.15) is 32.3 Å². The van der Waals surface area contributed by atoms with Gasteiger partial charge in [-0.25, -0.2) is 0 Å². The van der Waals surface area contributed by atoms with Crippen LogP contribution in [0.2, 0.25) is 0 Å². The van der Waals surface area contributed by atoms with Gasteiger partial charge in [0.25, 0.3) is 0 Å². The third kappa shape index (κ3) is 3.64. The van der Waals surface area contributed by atoms with E-state index < -0.39 is 0 Å². The van der Waals surface area contributed by atoms with Crippen LogP contribution in [0.5, 0.6) is 11.5 Å². The van der Waals surface area contributed by atoms with Gasteiger partial charge in [0.2, 0.25) is 0 Å². The monoisotopic (exact) mass is 249 g/mol. The summed E-state index contributed by atoms with van der Waals surface area (Å²) in [6.45, 7) is 4.84. The summed E-state index contributed by atoms with van der Waals surface area (Å²) in [5.41, 5.74) is 6.98. The molecule has 1 aliphatic carbocycles. The highest BCUT2D eigenvalue weighted by molar-refractivity contribution is 5.47. The Morgan fingerprint density at radius 3 is 2.61 bits per heavy atom. The number of hydrogen-bond donors (Lipinski definition) is 1. The molecule has 0 bridgehead atoms. The van der Waals surface area contributed by atoms with Crippen LogP contribution >= 0.6 is 0 Å². The second kappa shape index (κ2) is 5.19. The summed E-state index contributed by atoms with van der Waals surface area (Å²) < 4.78 is 11.3. The van der Waals surface area contributed by atoms with Gasteiger partial charge >= 0.3 is 0 Å². The molecule has 18 heavy (non-hydrogen) atoms. The maximum atomic E-state index is 6.10. The molecular formula is C15H23NO2. The fraction of sp³-hybridized carbons (Fsp3) is 0.600. The molecule has 0 aromatic heterocycles. The summed E-state index contributed by atoms with van der Waals surface area (Å²) in [6.07, 6.45) is 3.35. The fourth-order valence-corrected chi connectivity index (χ4v) is 2.00. The van der Waals surface area contributed by atoms with Crippen molar-refractivity contribution in [3.8, 4) is 11.5 Å². The Morgan fingerprint density at radius 1 is 1.33 bits per heavy atom. The number of benzene rings is 1. The molecule has 0 spiro atoms. The first-order chi connectivity index (χ1) is 8.49. The Hall–Kier alpha value is -1.22. The van der Waals surface area contributed by atoms with E-state index >= 15 is 0 Å². The zero-order valence-electron chi connectivity index (χ0n) is 11.5. The zero-order chi connectivity index (χ0) is 13.2. The molecule has 100 valence electrons. The number of rotatable bonds is 6. The van der Waals surface area contributed by atoms with Gasteiger partial charge in [0.1, 0.15) is 0 Å². The summed E-state index contributed by atoms with van der Waals surface area (Å²) in [4.78, 5) is 0. The molecule has 0 radical (unpaired) electrons. The maximum Gasteiger partial charge on any atom is 0.164 e. The molecule has 1 fully saturated rings. The van der Waals surface area contributed by atoms with Crippen molar-refractivity contribution >= 4 is 0 Å². The highest BCUT2D eigenvalue weighted by Gasteiger charge is 2.24. The Bertz CT molecular complexity index is 405. The standard InChI is InChI=1S/C15H23NO2/c1-15(2,16)9-12-5-4-6-13(17-3)14(12)18-10-11-7-8-11/h4-6,11H,7-10,16H2,1-3H3. The van der Waals surface area contributed by atoms with Crippen LogP contribution in [-0.2, 0) is 6.42 Å². The maximum absolute atomic E-state index is 6.10. The summed E-state index contributed by atoms with van der Waals surface area (Å²) >= 11 is 0. The number of ether oxygens (including phenoxy) is 2. The highest BCUT2D eigenvalue weighted by atomic mass is 16.5. The van der Waals surface area contributed by atoms with Crippen molar-refractivity contribution in [2.24, 2.45) is 11.7 Å². The van der Waals surface area contributed by atoms with E-state index in [4.69, 9.17) is 15.2 Å². The van der Waals surface area contributed by atoms with Crippen LogP contribution in [0, 0.1) is 5.92 Å². The zero-order valence-corrected chi connectivity index (χ0v) is 11.5. The van der Waals surface area contributed by atoms with E-state index in [1.54, 1.807) is 7.11 Å². The molecule has 0 amide bonds. The summed E-state index contributed by atoms with van der Waals surface area (Å²) in [5.74, 6) is 2.40. The third-order valence-electron chi connectivity index (χ3n) is 3.09. The molecule has 0 heterocycles.